The van der Waals surface area contributed by atoms with Gasteiger partial charge in [0, 0.05) is 11.9 Å². The summed E-state index contributed by atoms with van der Waals surface area (Å²) < 4.78 is 0.848. The van der Waals surface area contributed by atoms with Gasteiger partial charge in [0.25, 0.3) is 0 Å². The average Bonchev–Trinajstić information content (AvgIpc) is 2.93. The maximum atomic E-state index is 4.33. The first kappa shape index (κ1) is 13.0. The number of aromatic nitrogens is 4. The van der Waals surface area contributed by atoms with E-state index in [0.717, 1.165) is 25.4 Å². The van der Waals surface area contributed by atoms with E-state index in [2.05, 4.69) is 32.1 Å². The zero-order valence-corrected chi connectivity index (χ0v) is 12.1. The van der Waals surface area contributed by atoms with E-state index < -0.39 is 0 Å². The molecule has 20 heavy (non-hydrogen) atoms. The number of para-hydroxylation sites is 1. The molecule has 0 radical (unpaired) electrons. The van der Waals surface area contributed by atoms with Crippen LogP contribution in [0.4, 0.5) is 5.13 Å². The third kappa shape index (κ3) is 2.78. The second-order valence-electron chi connectivity index (χ2n) is 3.84. The van der Waals surface area contributed by atoms with Gasteiger partial charge in [-0.2, -0.15) is 0 Å². The molecule has 1 N–H and O–H groups in total. The molecular formula is C13H11N5S2. The fourth-order valence-electron chi connectivity index (χ4n) is 1.63. The van der Waals surface area contributed by atoms with Crippen molar-refractivity contribution in [3.63, 3.8) is 0 Å². The van der Waals surface area contributed by atoms with Gasteiger partial charge in [0.1, 0.15) is 11.4 Å². The highest BCUT2D eigenvalue weighted by atomic mass is 32.2. The normalized spacial score (nSPS) is 10.6. The smallest absolute Gasteiger partial charge is 0.206 e. The Balaban J connectivity index is 1.85. The number of nitrogens with one attached hydrogen (secondary N) is 1. The van der Waals surface area contributed by atoms with Gasteiger partial charge in [0.15, 0.2) is 4.34 Å². The minimum atomic E-state index is 0.676. The van der Waals surface area contributed by atoms with Gasteiger partial charge < -0.3 is 5.32 Å². The fourth-order valence-corrected chi connectivity index (χ4v) is 3.38. The van der Waals surface area contributed by atoms with Crippen molar-refractivity contribution in [3.8, 4) is 0 Å². The molecule has 0 saturated heterocycles. The molecule has 0 aliphatic carbocycles. The second kappa shape index (κ2) is 5.98. The Labute approximate surface area is 124 Å². The van der Waals surface area contributed by atoms with Crippen LogP contribution in [0.15, 0.2) is 52.6 Å². The van der Waals surface area contributed by atoms with Crippen molar-refractivity contribution in [2.24, 2.45) is 0 Å². The quantitative estimate of drug-likeness (QED) is 0.576. The second-order valence-corrected chi connectivity index (χ2v) is 6.05. The molecule has 0 aliphatic heterocycles. The lowest BCUT2D eigenvalue weighted by Gasteiger charge is -2.01. The van der Waals surface area contributed by atoms with Gasteiger partial charge in [-0.3, -0.25) is 0 Å². The number of nitrogens with zero attached hydrogens (tertiary/aromatic N) is 4. The zero-order chi connectivity index (χ0) is 13.8. The Morgan fingerprint density at radius 3 is 3.05 bits per heavy atom. The summed E-state index contributed by atoms with van der Waals surface area (Å²) in [7, 11) is 0. The van der Waals surface area contributed by atoms with Crippen molar-refractivity contribution in [3.05, 3.63) is 43.2 Å². The van der Waals surface area contributed by atoms with Gasteiger partial charge in [-0.05, 0) is 17.8 Å². The van der Waals surface area contributed by atoms with Crippen LogP contribution in [-0.4, -0.2) is 26.7 Å². The van der Waals surface area contributed by atoms with Crippen LogP contribution in [0.5, 0.6) is 0 Å². The maximum Gasteiger partial charge on any atom is 0.206 e. The first-order chi connectivity index (χ1) is 9.86. The molecule has 2 heterocycles. The van der Waals surface area contributed by atoms with Crippen molar-refractivity contribution in [1.29, 1.82) is 0 Å². The number of hydrogen-bond acceptors (Lipinski definition) is 7. The molecule has 100 valence electrons. The third-order valence-electron chi connectivity index (χ3n) is 2.49. The van der Waals surface area contributed by atoms with Gasteiger partial charge in [-0.15, -0.1) is 16.8 Å². The molecule has 0 fully saturated rings. The highest BCUT2D eigenvalue weighted by molar-refractivity contribution is 8.01. The maximum absolute atomic E-state index is 4.33. The predicted octanol–water partition coefficient (Wildman–Crippen LogP) is 3.23. The van der Waals surface area contributed by atoms with Gasteiger partial charge in [-0.1, -0.05) is 35.6 Å². The van der Waals surface area contributed by atoms with E-state index in [1.807, 2.05) is 24.3 Å². The first-order valence-electron chi connectivity index (χ1n) is 5.92. The first-order valence-corrected chi connectivity index (χ1v) is 7.56. The predicted molar refractivity (Wildman–Crippen MR) is 82.3 cm³/mol. The largest absolute Gasteiger partial charge is 0.357 e. The van der Waals surface area contributed by atoms with Gasteiger partial charge >= 0.3 is 0 Å². The summed E-state index contributed by atoms with van der Waals surface area (Å²) in [5.74, 6) is 0. The van der Waals surface area contributed by atoms with E-state index in [1.165, 1.54) is 23.1 Å². The zero-order valence-electron chi connectivity index (χ0n) is 10.5. The number of anilines is 1. The van der Waals surface area contributed by atoms with Gasteiger partial charge in [0.2, 0.25) is 5.13 Å². The van der Waals surface area contributed by atoms with E-state index >= 15 is 0 Å². The van der Waals surface area contributed by atoms with Crippen molar-refractivity contribution in [2.75, 3.05) is 11.9 Å². The molecule has 1 aromatic carbocycles. The van der Waals surface area contributed by atoms with Crippen LogP contribution in [0.3, 0.4) is 0 Å². The van der Waals surface area contributed by atoms with Crippen molar-refractivity contribution < 1.29 is 0 Å². The van der Waals surface area contributed by atoms with Crippen LogP contribution in [0, 0.1) is 0 Å². The van der Waals surface area contributed by atoms with Crippen LogP contribution in [-0.2, 0) is 0 Å². The number of hydrogen-bond donors (Lipinski definition) is 1. The molecule has 0 aliphatic rings. The fraction of sp³-hybridized carbons (Fsp3) is 0.0769. The van der Waals surface area contributed by atoms with Crippen LogP contribution in [0.2, 0.25) is 0 Å². The monoisotopic (exact) mass is 301 g/mol. The van der Waals surface area contributed by atoms with Crippen LogP contribution >= 0.6 is 23.1 Å². The number of benzene rings is 1. The highest BCUT2D eigenvalue weighted by Crippen LogP contribution is 2.33. The van der Waals surface area contributed by atoms with E-state index in [1.54, 1.807) is 12.4 Å². The molecule has 0 atom stereocenters. The molecular weight excluding hydrogens is 290 g/mol. The Morgan fingerprint density at radius 1 is 1.25 bits per heavy atom. The Kier molecular flexibility index (Phi) is 3.89. The SMILES string of the molecule is C=CCNc1nnc(Sc2ncnc3ccccc23)s1. The number of fused-ring (bicyclic) bond motifs is 1. The Hall–Kier alpha value is -1.99. The summed E-state index contributed by atoms with van der Waals surface area (Å²) in [6.07, 6.45) is 3.36. The summed E-state index contributed by atoms with van der Waals surface area (Å²) >= 11 is 3.00. The van der Waals surface area contributed by atoms with E-state index in [4.69, 9.17) is 0 Å². The van der Waals surface area contributed by atoms with Crippen LogP contribution in [0.1, 0.15) is 0 Å². The molecule has 2 aromatic heterocycles. The molecule has 0 amide bonds. The summed E-state index contributed by atoms with van der Waals surface area (Å²) in [5.41, 5.74) is 0.930. The minimum Gasteiger partial charge on any atom is -0.357 e. The average molecular weight is 301 g/mol. The van der Waals surface area contributed by atoms with E-state index in [9.17, 15) is 0 Å². The van der Waals surface area contributed by atoms with E-state index in [0.29, 0.717) is 6.54 Å². The molecule has 0 saturated carbocycles. The minimum absolute atomic E-state index is 0.676. The van der Waals surface area contributed by atoms with Gasteiger partial charge in [0.05, 0.1) is 5.52 Å². The Morgan fingerprint density at radius 2 is 2.15 bits per heavy atom. The summed E-state index contributed by atoms with van der Waals surface area (Å²) in [5, 5.41) is 14.0. The van der Waals surface area contributed by atoms with Crippen LogP contribution < -0.4 is 5.32 Å². The number of rotatable bonds is 5. The lowest BCUT2D eigenvalue weighted by molar-refractivity contribution is 1.00. The van der Waals surface area contributed by atoms with Crippen molar-refractivity contribution >= 4 is 39.1 Å². The summed E-state index contributed by atoms with van der Waals surface area (Å²) in [6, 6.07) is 7.92. The molecule has 3 rings (SSSR count). The topological polar surface area (TPSA) is 63.6 Å². The van der Waals surface area contributed by atoms with Gasteiger partial charge in [-0.25, -0.2) is 9.97 Å². The molecule has 0 unspecified atom stereocenters. The van der Waals surface area contributed by atoms with Crippen LogP contribution in [0.25, 0.3) is 10.9 Å². The Bertz CT molecular complexity index is 735. The molecule has 3 aromatic rings. The highest BCUT2D eigenvalue weighted by Gasteiger charge is 2.09. The lowest BCUT2D eigenvalue weighted by atomic mass is 10.2. The molecule has 0 spiro atoms. The lowest BCUT2D eigenvalue weighted by Crippen LogP contribution is -1.96. The molecule has 5 nitrogen and oxygen atoms in total. The standard InChI is InChI=1S/C13H11N5S2/c1-2-7-14-12-17-18-13(20-12)19-11-9-5-3-4-6-10(9)15-8-16-11/h2-6,8H,1,7H2,(H,14,17). The summed E-state index contributed by atoms with van der Waals surface area (Å²) in [4.78, 5) is 8.58. The van der Waals surface area contributed by atoms with Crippen molar-refractivity contribution in [1.82, 2.24) is 20.2 Å². The molecule has 7 heteroatoms. The third-order valence-corrected chi connectivity index (χ3v) is 4.44. The summed E-state index contributed by atoms with van der Waals surface area (Å²) in [6.45, 7) is 4.33. The van der Waals surface area contributed by atoms with E-state index in [-0.39, 0.29) is 0 Å². The van der Waals surface area contributed by atoms with Crippen molar-refractivity contribution in [2.45, 2.75) is 9.37 Å². The molecule has 0 bridgehead atoms.